The van der Waals surface area contributed by atoms with E-state index < -0.39 is 29.9 Å². The average molecular weight is 297 g/mol. The normalized spacial score (nSPS) is 17.7. The molecule has 21 heavy (non-hydrogen) atoms. The molecule has 1 aliphatic rings. The van der Waals surface area contributed by atoms with E-state index in [1.165, 1.54) is 11.0 Å². The Bertz CT molecular complexity index is 525. The standard InChI is InChI=1S/C14H17F2N3O2/c15-11-2-1-3-12(16)10(11)6-14(21)19(8-13(17)20)9-4-5-18-7-9/h1-3,9,18H,4-8H2,(H2,17,20). The summed E-state index contributed by atoms with van der Waals surface area (Å²) in [5.41, 5.74) is 4.86. The van der Waals surface area contributed by atoms with Gasteiger partial charge in [-0.2, -0.15) is 0 Å². The summed E-state index contributed by atoms with van der Waals surface area (Å²) in [5, 5.41) is 3.07. The number of hydrogen-bond donors (Lipinski definition) is 2. The number of hydrogen-bond acceptors (Lipinski definition) is 3. The van der Waals surface area contributed by atoms with Crippen molar-refractivity contribution >= 4 is 11.8 Å². The molecule has 0 aromatic heterocycles. The minimum atomic E-state index is -0.771. The van der Waals surface area contributed by atoms with E-state index in [1.807, 2.05) is 0 Å². The summed E-state index contributed by atoms with van der Waals surface area (Å²) < 4.78 is 27.2. The molecule has 1 aromatic rings. The number of nitrogens with two attached hydrogens (primary N) is 1. The topological polar surface area (TPSA) is 75.4 Å². The van der Waals surface area contributed by atoms with Crippen molar-refractivity contribution in [2.45, 2.75) is 18.9 Å². The first-order valence-electron chi connectivity index (χ1n) is 6.70. The molecule has 0 saturated carbocycles. The molecular weight excluding hydrogens is 280 g/mol. The van der Waals surface area contributed by atoms with Gasteiger partial charge < -0.3 is 16.0 Å². The van der Waals surface area contributed by atoms with Gasteiger partial charge >= 0.3 is 0 Å². The summed E-state index contributed by atoms with van der Waals surface area (Å²) >= 11 is 0. The second-order valence-electron chi connectivity index (χ2n) is 5.01. The van der Waals surface area contributed by atoms with Gasteiger partial charge in [0.25, 0.3) is 0 Å². The lowest BCUT2D eigenvalue weighted by atomic mass is 10.1. The Hall–Kier alpha value is -2.02. The minimum Gasteiger partial charge on any atom is -0.368 e. The highest BCUT2D eigenvalue weighted by atomic mass is 19.1. The predicted octanol–water partition coefficient (Wildman–Crippen LogP) is 0.183. The van der Waals surface area contributed by atoms with Crippen LogP contribution in [0.25, 0.3) is 0 Å². The van der Waals surface area contributed by atoms with E-state index in [4.69, 9.17) is 5.73 Å². The number of rotatable bonds is 5. The van der Waals surface area contributed by atoms with Crippen molar-refractivity contribution in [3.8, 4) is 0 Å². The number of carbonyl (C=O) groups excluding carboxylic acids is 2. The van der Waals surface area contributed by atoms with Crippen LogP contribution in [0.15, 0.2) is 18.2 Å². The molecule has 0 spiro atoms. The van der Waals surface area contributed by atoms with Crippen LogP contribution in [0.2, 0.25) is 0 Å². The molecule has 2 rings (SSSR count). The van der Waals surface area contributed by atoms with Gasteiger partial charge in [-0.05, 0) is 25.1 Å². The van der Waals surface area contributed by atoms with Gasteiger partial charge in [0, 0.05) is 18.2 Å². The van der Waals surface area contributed by atoms with Gasteiger partial charge in [0.2, 0.25) is 11.8 Å². The lowest BCUT2D eigenvalue weighted by molar-refractivity contribution is -0.136. The van der Waals surface area contributed by atoms with Crippen LogP contribution in [-0.4, -0.2) is 42.4 Å². The van der Waals surface area contributed by atoms with Crippen LogP contribution in [0, 0.1) is 11.6 Å². The number of halogens is 2. The number of amides is 2. The minimum absolute atomic E-state index is 0.181. The third kappa shape index (κ3) is 3.75. The molecule has 1 fully saturated rings. The van der Waals surface area contributed by atoms with Gasteiger partial charge in [-0.1, -0.05) is 6.07 Å². The Morgan fingerprint density at radius 2 is 2.00 bits per heavy atom. The summed E-state index contributed by atoms with van der Waals surface area (Å²) in [6.07, 6.45) is 0.251. The van der Waals surface area contributed by atoms with E-state index in [-0.39, 0.29) is 18.2 Å². The van der Waals surface area contributed by atoms with Gasteiger partial charge in [-0.15, -0.1) is 0 Å². The number of benzene rings is 1. The zero-order chi connectivity index (χ0) is 15.4. The fourth-order valence-corrected chi connectivity index (χ4v) is 2.45. The Morgan fingerprint density at radius 3 is 2.52 bits per heavy atom. The SMILES string of the molecule is NC(=O)CN(C(=O)Cc1c(F)cccc1F)C1CCNC1. The summed E-state index contributed by atoms with van der Waals surface area (Å²) in [6.45, 7) is 1.02. The van der Waals surface area contributed by atoms with E-state index in [2.05, 4.69) is 5.32 Å². The Morgan fingerprint density at radius 1 is 1.33 bits per heavy atom. The molecule has 1 saturated heterocycles. The molecule has 1 unspecified atom stereocenters. The second kappa shape index (κ2) is 6.62. The average Bonchev–Trinajstić information content (AvgIpc) is 2.93. The van der Waals surface area contributed by atoms with Crippen molar-refractivity contribution in [2.75, 3.05) is 19.6 Å². The van der Waals surface area contributed by atoms with Crippen molar-refractivity contribution in [3.05, 3.63) is 35.4 Å². The number of primary amides is 1. The van der Waals surface area contributed by atoms with Crippen molar-refractivity contribution in [1.82, 2.24) is 10.2 Å². The van der Waals surface area contributed by atoms with Gasteiger partial charge in [0.15, 0.2) is 0 Å². The van der Waals surface area contributed by atoms with E-state index in [1.54, 1.807) is 0 Å². The van der Waals surface area contributed by atoms with Crippen LogP contribution in [0.1, 0.15) is 12.0 Å². The van der Waals surface area contributed by atoms with Crippen LogP contribution >= 0.6 is 0 Å². The van der Waals surface area contributed by atoms with Crippen LogP contribution in [-0.2, 0) is 16.0 Å². The van der Waals surface area contributed by atoms with Crippen molar-refractivity contribution in [3.63, 3.8) is 0 Å². The molecule has 1 aromatic carbocycles. The molecule has 0 aliphatic carbocycles. The summed E-state index contributed by atoms with van der Waals surface area (Å²) in [5.74, 6) is -2.70. The first kappa shape index (κ1) is 15.4. The van der Waals surface area contributed by atoms with E-state index >= 15 is 0 Å². The van der Waals surface area contributed by atoms with Crippen LogP contribution < -0.4 is 11.1 Å². The maximum Gasteiger partial charge on any atom is 0.237 e. The maximum atomic E-state index is 13.6. The van der Waals surface area contributed by atoms with Crippen LogP contribution in [0.5, 0.6) is 0 Å². The molecule has 114 valence electrons. The molecule has 2 amide bonds. The molecule has 0 bridgehead atoms. The highest BCUT2D eigenvalue weighted by Crippen LogP contribution is 2.16. The zero-order valence-corrected chi connectivity index (χ0v) is 11.4. The number of nitrogens with zero attached hydrogens (tertiary/aromatic N) is 1. The first-order chi connectivity index (χ1) is 9.99. The second-order valence-corrected chi connectivity index (χ2v) is 5.01. The fourth-order valence-electron chi connectivity index (χ4n) is 2.45. The highest BCUT2D eigenvalue weighted by molar-refractivity contribution is 5.85. The van der Waals surface area contributed by atoms with E-state index in [9.17, 15) is 18.4 Å². The molecule has 1 heterocycles. The quantitative estimate of drug-likeness (QED) is 0.814. The molecule has 5 nitrogen and oxygen atoms in total. The Labute approximate surface area is 121 Å². The molecular formula is C14H17F2N3O2. The monoisotopic (exact) mass is 297 g/mol. The number of nitrogens with one attached hydrogen (secondary N) is 1. The molecule has 1 atom stereocenters. The van der Waals surface area contributed by atoms with Crippen molar-refractivity contribution in [2.24, 2.45) is 5.73 Å². The third-order valence-electron chi connectivity index (χ3n) is 3.51. The van der Waals surface area contributed by atoms with Crippen LogP contribution in [0.3, 0.4) is 0 Å². The van der Waals surface area contributed by atoms with Crippen LogP contribution in [0.4, 0.5) is 8.78 Å². The van der Waals surface area contributed by atoms with Crippen molar-refractivity contribution in [1.29, 1.82) is 0 Å². The summed E-state index contributed by atoms with van der Waals surface area (Å²) in [6, 6.07) is 3.25. The van der Waals surface area contributed by atoms with Gasteiger partial charge in [-0.3, -0.25) is 9.59 Å². The van der Waals surface area contributed by atoms with Crippen molar-refractivity contribution < 1.29 is 18.4 Å². The lowest BCUT2D eigenvalue weighted by Crippen LogP contribution is -2.46. The fraction of sp³-hybridized carbons (Fsp3) is 0.429. The van der Waals surface area contributed by atoms with Gasteiger partial charge in [0.1, 0.15) is 11.6 Å². The molecule has 7 heteroatoms. The largest absolute Gasteiger partial charge is 0.368 e. The zero-order valence-electron chi connectivity index (χ0n) is 11.4. The molecule has 3 N–H and O–H groups in total. The summed E-state index contributed by atoms with van der Waals surface area (Å²) in [4.78, 5) is 24.7. The van der Waals surface area contributed by atoms with E-state index in [0.717, 1.165) is 18.7 Å². The molecule has 1 aliphatic heterocycles. The van der Waals surface area contributed by atoms with Gasteiger partial charge in [-0.25, -0.2) is 8.78 Å². The molecule has 0 radical (unpaired) electrons. The number of carbonyl (C=O) groups is 2. The lowest BCUT2D eigenvalue weighted by Gasteiger charge is -2.27. The highest BCUT2D eigenvalue weighted by Gasteiger charge is 2.28. The first-order valence-corrected chi connectivity index (χ1v) is 6.70. The predicted molar refractivity (Wildman–Crippen MR) is 72.2 cm³/mol. The summed E-state index contributed by atoms with van der Waals surface area (Å²) in [7, 11) is 0. The van der Waals surface area contributed by atoms with Gasteiger partial charge in [0.05, 0.1) is 13.0 Å². The van der Waals surface area contributed by atoms with E-state index in [0.29, 0.717) is 13.0 Å². The maximum absolute atomic E-state index is 13.6. The Balaban J connectivity index is 2.16. The Kier molecular flexibility index (Phi) is 4.85. The smallest absolute Gasteiger partial charge is 0.237 e. The third-order valence-corrected chi connectivity index (χ3v) is 3.51.